The maximum absolute atomic E-state index is 14.0. The molecule has 17 heteroatoms. The van der Waals surface area contributed by atoms with E-state index < -0.39 is 65.8 Å². The van der Waals surface area contributed by atoms with Gasteiger partial charge in [-0.3, -0.25) is 28.8 Å². The second kappa shape index (κ2) is 18.9. The van der Waals surface area contributed by atoms with Gasteiger partial charge in [0.25, 0.3) is 5.91 Å². The summed E-state index contributed by atoms with van der Waals surface area (Å²) in [7, 11) is 0. The summed E-state index contributed by atoms with van der Waals surface area (Å²) in [6.45, 7) is 3.99. The Morgan fingerprint density at radius 3 is 2.30 bits per heavy atom. The van der Waals surface area contributed by atoms with E-state index in [9.17, 15) is 33.9 Å². The molecule has 2 aliphatic heterocycles. The molecule has 2 fully saturated rings. The Balaban J connectivity index is 1.35. The summed E-state index contributed by atoms with van der Waals surface area (Å²) in [5.74, 6) is -3.42. The zero-order chi connectivity index (χ0) is 38.6. The molecular weight excluding hydrogens is 696 g/mol. The lowest BCUT2D eigenvalue weighted by molar-refractivity contribution is -0.142. The molecule has 2 aromatic carbocycles. The van der Waals surface area contributed by atoms with Crippen molar-refractivity contribution in [1.82, 2.24) is 51.7 Å². The highest BCUT2D eigenvalue weighted by molar-refractivity contribution is 5.99. The van der Waals surface area contributed by atoms with Crippen molar-refractivity contribution in [2.24, 2.45) is 0 Å². The van der Waals surface area contributed by atoms with Gasteiger partial charge in [-0.05, 0) is 79.1 Å². The first-order valence-electron chi connectivity index (χ1n) is 18.4. The predicted molar refractivity (Wildman–Crippen MR) is 194 cm³/mol. The molecule has 0 saturated carbocycles. The van der Waals surface area contributed by atoms with Gasteiger partial charge in [-0.2, -0.15) is 0 Å². The van der Waals surface area contributed by atoms with Crippen molar-refractivity contribution in [1.29, 1.82) is 0 Å². The highest BCUT2D eigenvalue weighted by Crippen LogP contribution is 2.20. The van der Waals surface area contributed by atoms with E-state index in [4.69, 9.17) is 0 Å². The Labute approximate surface area is 313 Å². The number of tetrazole rings is 1. The number of carbonyl (C=O) groups excluding carboxylic acids is 6. The third-order valence-electron chi connectivity index (χ3n) is 9.63. The van der Waals surface area contributed by atoms with Crippen LogP contribution in [0.15, 0.2) is 60.9 Å². The molecule has 17 nitrogen and oxygen atoms in total. The van der Waals surface area contributed by atoms with Crippen LogP contribution < -0.4 is 26.6 Å². The quantitative estimate of drug-likeness (QED) is 0.175. The van der Waals surface area contributed by atoms with Crippen LogP contribution in [0.25, 0.3) is 0 Å². The highest BCUT2D eigenvalue weighted by Gasteiger charge is 2.39. The van der Waals surface area contributed by atoms with Crippen molar-refractivity contribution in [2.75, 3.05) is 13.1 Å². The van der Waals surface area contributed by atoms with Gasteiger partial charge in [0.05, 0.1) is 12.6 Å². The van der Waals surface area contributed by atoms with E-state index in [1.54, 1.807) is 31.2 Å². The van der Waals surface area contributed by atoms with Gasteiger partial charge in [-0.15, -0.1) is 5.10 Å². The van der Waals surface area contributed by atoms with Crippen molar-refractivity contribution in [2.45, 2.75) is 102 Å². The largest absolute Gasteiger partial charge is 0.391 e. The van der Waals surface area contributed by atoms with Crippen LogP contribution in [0.4, 0.5) is 0 Å². The van der Waals surface area contributed by atoms with Gasteiger partial charge in [-0.1, -0.05) is 49.4 Å². The van der Waals surface area contributed by atoms with E-state index in [1.165, 1.54) is 22.8 Å². The van der Waals surface area contributed by atoms with Crippen molar-refractivity contribution in [3.8, 4) is 0 Å². The molecule has 3 heterocycles. The molecule has 0 radical (unpaired) electrons. The second-order valence-corrected chi connectivity index (χ2v) is 13.7. The van der Waals surface area contributed by atoms with Crippen LogP contribution in [0, 0.1) is 0 Å². The van der Waals surface area contributed by atoms with Gasteiger partial charge >= 0.3 is 0 Å². The molecule has 0 unspecified atom stereocenters. The van der Waals surface area contributed by atoms with Crippen molar-refractivity contribution < 1.29 is 33.9 Å². The number of carbonyl (C=O) groups is 6. The number of aliphatic hydroxyl groups excluding tert-OH is 1. The molecule has 6 amide bonds. The molecule has 1 aromatic heterocycles. The van der Waals surface area contributed by atoms with Gasteiger partial charge in [0.15, 0.2) is 0 Å². The summed E-state index contributed by atoms with van der Waals surface area (Å²) in [5.41, 5.74) is 1.92. The lowest BCUT2D eigenvalue weighted by Gasteiger charge is -2.30. The highest BCUT2D eigenvalue weighted by atomic mass is 16.3. The number of aliphatic hydroxyl groups is 1. The summed E-state index contributed by atoms with van der Waals surface area (Å²) in [5, 5.41) is 35.4. The SMILES string of the molecule is CC[C@@H]1NC(=O)[C@@H](NC(=O)c2ccc(Cn3cnnn3)cc2)CCCCNC(=O)[C@@H]2CCCN2C(=O)[C@@H](Cc2ccccc2)NC(=O)[C@H]([C@@H](C)O)NC1=O. The monoisotopic (exact) mass is 744 g/mol. The zero-order valence-corrected chi connectivity index (χ0v) is 30.4. The predicted octanol–water partition coefficient (Wildman–Crippen LogP) is -0.401. The number of hydrogen-bond donors (Lipinski definition) is 6. The topological polar surface area (TPSA) is 230 Å². The number of amides is 6. The molecule has 6 atom stereocenters. The van der Waals surface area contributed by atoms with Crippen LogP contribution in [-0.2, 0) is 36.9 Å². The molecule has 3 aromatic rings. The Kier molecular flexibility index (Phi) is 13.8. The number of rotatable bonds is 8. The molecule has 5 rings (SSSR count). The van der Waals surface area contributed by atoms with E-state index in [1.807, 2.05) is 30.3 Å². The summed E-state index contributed by atoms with van der Waals surface area (Å²) < 4.78 is 1.54. The van der Waals surface area contributed by atoms with Crippen LogP contribution >= 0.6 is 0 Å². The maximum Gasteiger partial charge on any atom is 0.251 e. The van der Waals surface area contributed by atoms with Gasteiger partial charge in [0.1, 0.15) is 36.5 Å². The fraction of sp³-hybridized carbons (Fsp3) is 0.486. The molecule has 0 aliphatic carbocycles. The minimum absolute atomic E-state index is 0.113. The van der Waals surface area contributed by atoms with Crippen LogP contribution in [-0.4, -0.2) is 115 Å². The minimum Gasteiger partial charge on any atom is -0.391 e. The molecule has 0 spiro atoms. The van der Waals surface area contributed by atoms with Crippen molar-refractivity contribution in [3.63, 3.8) is 0 Å². The van der Waals surface area contributed by atoms with E-state index in [0.717, 1.165) is 11.1 Å². The number of nitrogens with zero attached hydrogens (tertiary/aromatic N) is 5. The van der Waals surface area contributed by atoms with Gasteiger partial charge < -0.3 is 36.6 Å². The Morgan fingerprint density at radius 1 is 0.870 bits per heavy atom. The standard InChI is InChI=1S/C37H48N10O7/c1-3-27-33(50)43-31(23(2)48)36(53)42-29(20-24-10-5-4-6-11-24)37(54)47-19-9-13-30(47)35(52)38-18-8-7-12-28(34(51)40-27)41-32(49)26-16-14-25(15-17-26)21-46-22-39-44-45-46/h4-6,10-11,14-17,22-23,27-31,48H,3,7-9,12-13,18-21H2,1-2H3,(H,38,52)(H,40,51)(H,41,49)(H,42,53)(H,43,50)/t23-,27+,28+,29-,30+,31+/m1/s1. The molecular formula is C37H48N10O7. The summed E-state index contributed by atoms with van der Waals surface area (Å²) >= 11 is 0. The number of aromatic nitrogens is 4. The van der Waals surface area contributed by atoms with E-state index in [2.05, 4.69) is 42.1 Å². The van der Waals surface area contributed by atoms with Crippen molar-refractivity contribution in [3.05, 3.63) is 77.6 Å². The van der Waals surface area contributed by atoms with Crippen LogP contribution in [0.2, 0.25) is 0 Å². The second-order valence-electron chi connectivity index (χ2n) is 13.7. The molecule has 6 N–H and O–H groups in total. The smallest absolute Gasteiger partial charge is 0.251 e. The number of benzene rings is 2. The lowest BCUT2D eigenvalue weighted by atomic mass is 10.0. The van der Waals surface area contributed by atoms with Gasteiger partial charge in [-0.25, -0.2) is 4.68 Å². The maximum atomic E-state index is 14.0. The average Bonchev–Trinajstić information content (AvgIpc) is 3.88. The summed E-state index contributed by atoms with van der Waals surface area (Å²) in [6.07, 6.45) is 2.48. The number of fused-ring (bicyclic) bond motifs is 1. The summed E-state index contributed by atoms with van der Waals surface area (Å²) in [4.78, 5) is 83.3. The molecule has 0 bridgehead atoms. The zero-order valence-electron chi connectivity index (χ0n) is 30.4. The number of hydrogen-bond acceptors (Lipinski definition) is 10. The van der Waals surface area contributed by atoms with Gasteiger partial charge in [0, 0.05) is 25.1 Å². The molecule has 54 heavy (non-hydrogen) atoms. The molecule has 2 saturated heterocycles. The minimum atomic E-state index is -1.48. The Bertz CT molecular complexity index is 1750. The fourth-order valence-corrected chi connectivity index (χ4v) is 6.61. The Morgan fingerprint density at radius 2 is 1.61 bits per heavy atom. The van der Waals surface area contributed by atoms with E-state index in [-0.39, 0.29) is 31.7 Å². The molecule has 2 aliphatic rings. The van der Waals surface area contributed by atoms with Crippen molar-refractivity contribution >= 4 is 35.4 Å². The average molecular weight is 745 g/mol. The first-order valence-corrected chi connectivity index (χ1v) is 18.4. The van der Waals surface area contributed by atoms with E-state index in [0.29, 0.717) is 44.3 Å². The molecule has 288 valence electrons. The normalized spacial score (nSPS) is 24.1. The summed E-state index contributed by atoms with van der Waals surface area (Å²) in [6, 6.07) is 10.3. The fourth-order valence-electron chi connectivity index (χ4n) is 6.61. The van der Waals surface area contributed by atoms with Gasteiger partial charge in [0.2, 0.25) is 29.5 Å². The first kappa shape index (κ1) is 39.5. The number of nitrogens with one attached hydrogen (secondary N) is 5. The van der Waals surface area contributed by atoms with Crippen LogP contribution in [0.1, 0.15) is 73.9 Å². The first-order chi connectivity index (χ1) is 26.0. The Hall–Kier alpha value is -5.71. The third-order valence-corrected chi connectivity index (χ3v) is 9.63. The van der Waals surface area contributed by atoms with E-state index >= 15 is 0 Å². The van der Waals surface area contributed by atoms with Crippen LogP contribution in [0.3, 0.4) is 0 Å². The lowest BCUT2D eigenvalue weighted by Crippen LogP contribution is -2.61. The third kappa shape index (κ3) is 10.5. The van der Waals surface area contributed by atoms with Crippen LogP contribution in [0.5, 0.6) is 0 Å².